The van der Waals surface area contributed by atoms with E-state index in [1.54, 1.807) is 12.3 Å². The van der Waals surface area contributed by atoms with Gasteiger partial charge in [-0.05, 0) is 18.6 Å². The number of nitrogen functional groups attached to an aromatic ring is 1. The summed E-state index contributed by atoms with van der Waals surface area (Å²) >= 11 is 0. The van der Waals surface area contributed by atoms with Crippen LogP contribution in [0, 0.1) is 6.92 Å². The van der Waals surface area contributed by atoms with Gasteiger partial charge in [-0.2, -0.15) is 0 Å². The molecule has 5 nitrogen and oxygen atoms in total. The molecule has 0 aromatic carbocycles. The van der Waals surface area contributed by atoms with Crippen LogP contribution in [-0.2, 0) is 0 Å². The third-order valence-corrected chi connectivity index (χ3v) is 2.01. The first-order valence-electron chi connectivity index (χ1n) is 4.34. The monoisotopic (exact) mass is 197 g/mol. The van der Waals surface area contributed by atoms with Gasteiger partial charge in [-0.1, -0.05) is 0 Å². The molecule has 1 heterocycles. The maximum atomic E-state index is 9.64. The number of pyridine rings is 1. The standard InChI is InChI=1S/C9H15N3O2/c1-5-2-6(9(11)12-4-5)8(14)7(13)3-10/h2,4,7-8,13-14H,3,10H2,1H3,(H2,11,12). The molecule has 0 radical (unpaired) electrons. The summed E-state index contributed by atoms with van der Waals surface area (Å²) in [4.78, 5) is 3.88. The molecule has 1 aromatic heterocycles. The van der Waals surface area contributed by atoms with Gasteiger partial charge in [0.2, 0.25) is 0 Å². The average Bonchev–Trinajstić information content (AvgIpc) is 2.19. The van der Waals surface area contributed by atoms with Crippen LogP contribution >= 0.6 is 0 Å². The Morgan fingerprint density at radius 3 is 2.71 bits per heavy atom. The Morgan fingerprint density at radius 1 is 1.50 bits per heavy atom. The summed E-state index contributed by atoms with van der Waals surface area (Å²) in [5.74, 6) is 0.218. The number of hydrogen-bond acceptors (Lipinski definition) is 5. The molecule has 0 bridgehead atoms. The zero-order chi connectivity index (χ0) is 10.7. The number of aromatic nitrogens is 1. The second-order valence-corrected chi connectivity index (χ2v) is 3.24. The molecule has 5 heteroatoms. The van der Waals surface area contributed by atoms with E-state index in [9.17, 15) is 10.2 Å². The highest BCUT2D eigenvalue weighted by atomic mass is 16.3. The fraction of sp³-hybridized carbons (Fsp3) is 0.444. The van der Waals surface area contributed by atoms with E-state index in [-0.39, 0.29) is 12.4 Å². The number of nitrogens with zero attached hydrogens (tertiary/aromatic N) is 1. The molecule has 1 aromatic rings. The number of hydrogen-bond donors (Lipinski definition) is 4. The van der Waals surface area contributed by atoms with Gasteiger partial charge in [0.1, 0.15) is 11.9 Å². The Morgan fingerprint density at radius 2 is 2.14 bits per heavy atom. The van der Waals surface area contributed by atoms with Crippen molar-refractivity contribution < 1.29 is 10.2 Å². The zero-order valence-corrected chi connectivity index (χ0v) is 8.01. The Balaban J connectivity index is 2.99. The molecule has 0 amide bonds. The summed E-state index contributed by atoms with van der Waals surface area (Å²) in [6.07, 6.45) is -0.492. The molecule has 0 fully saturated rings. The largest absolute Gasteiger partial charge is 0.389 e. The highest BCUT2D eigenvalue weighted by Crippen LogP contribution is 2.21. The first-order valence-corrected chi connectivity index (χ1v) is 4.34. The fourth-order valence-corrected chi connectivity index (χ4v) is 1.18. The summed E-state index contributed by atoms with van der Waals surface area (Å²) in [6.45, 7) is 1.81. The predicted octanol–water partition coefficient (Wildman–Crippen LogP) is -0.675. The predicted molar refractivity (Wildman–Crippen MR) is 53.4 cm³/mol. The molecule has 0 saturated carbocycles. The Labute approximate surface area is 82.4 Å². The molecule has 0 aliphatic rings. The maximum absolute atomic E-state index is 9.64. The van der Waals surface area contributed by atoms with Crippen LogP contribution in [0.25, 0.3) is 0 Å². The van der Waals surface area contributed by atoms with Gasteiger partial charge in [0.15, 0.2) is 0 Å². The van der Waals surface area contributed by atoms with Gasteiger partial charge in [0.05, 0.1) is 6.10 Å². The fourth-order valence-electron chi connectivity index (χ4n) is 1.18. The molecule has 1 rings (SSSR count). The SMILES string of the molecule is Cc1cnc(N)c(C(O)C(O)CN)c1. The minimum atomic E-state index is -1.08. The van der Waals surface area contributed by atoms with Crippen molar-refractivity contribution in [1.29, 1.82) is 0 Å². The molecular formula is C9H15N3O2. The van der Waals surface area contributed by atoms with Gasteiger partial charge in [-0.25, -0.2) is 4.98 Å². The molecular weight excluding hydrogens is 182 g/mol. The van der Waals surface area contributed by atoms with Crippen molar-refractivity contribution in [2.75, 3.05) is 12.3 Å². The van der Waals surface area contributed by atoms with Crippen LogP contribution in [0.5, 0.6) is 0 Å². The van der Waals surface area contributed by atoms with Crippen molar-refractivity contribution in [2.45, 2.75) is 19.1 Å². The summed E-state index contributed by atoms with van der Waals surface area (Å²) in [7, 11) is 0. The summed E-state index contributed by atoms with van der Waals surface area (Å²) in [6, 6.07) is 1.69. The second-order valence-electron chi connectivity index (χ2n) is 3.24. The lowest BCUT2D eigenvalue weighted by Crippen LogP contribution is -2.27. The Bertz CT molecular complexity index is 317. The van der Waals surface area contributed by atoms with Crippen molar-refractivity contribution in [1.82, 2.24) is 4.98 Å². The van der Waals surface area contributed by atoms with Crippen LogP contribution in [0.3, 0.4) is 0 Å². The van der Waals surface area contributed by atoms with Crippen molar-refractivity contribution in [3.8, 4) is 0 Å². The highest BCUT2D eigenvalue weighted by Gasteiger charge is 2.19. The van der Waals surface area contributed by atoms with E-state index < -0.39 is 12.2 Å². The number of aliphatic hydroxyl groups is 2. The topological polar surface area (TPSA) is 105 Å². The minimum Gasteiger partial charge on any atom is -0.389 e. The van der Waals surface area contributed by atoms with Crippen LogP contribution in [0.4, 0.5) is 5.82 Å². The van der Waals surface area contributed by atoms with E-state index in [0.717, 1.165) is 5.56 Å². The van der Waals surface area contributed by atoms with Crippen LogP contribution < -0.4 is 11.5 Å². The molecule has 2 unspecified atom stereocenters. The Kier molecular flexibility index (Phi) is 3.40. The zero-order valence-electron chi connectivity index (χ0n) is 8.01. The van der Waals surface area contributed by atoms with Crippen molar-refractivity contribution in [3.63, 3.8) is 0 Å². The molecule has 0 spiro atoms. The van der Waals surface area contributed by atoms with Gasteiger partial charge in [0, 0.05) is 18.3 Å². The Hall–Kier alpha value is -1.17. The van der Waals surface area contributed by atoms with E-state index in [1.165, 1.54) is 0 Å². The molecule has 14 heavy (non-hydrogen) atoms. The molecule has 0 saturated heterocycles. The molecule has 0 aliphatic heterocycles. The van der Waals surface area contributed by atoms with E-state index >= 15 is 0 Å². The summed E-state index contributed by atoms with van der Waals surface area (Å²) < 4.78 is 0. The maximum Gasteiger partial charge on any atom is 0.129 e. The van der Waals surface area contributed by atoms with Gasteiger partial charge >= 0.3 is 0 Å². The lowest BCUT2D eigenvalue weighted by molar-refractivity contribution is 0.0246. The number of anilines is 1. The smallest absolute Gasteiger partial charge is 0.129 e. The lowest BCUT2D eigenvalue weighted by Gasteiger charge is -2.17. The van der Waals surface area contributed by atoms with Crippen LogP contribution in [0.2, 0.25) is 0 Å². The van der Waals surface area contributed by atoms with Crippen molar-refractivity contribution >= 4 is 5.82 Å². The summed E-state index contributed by atoms with van der Waals surface area (Å²) in [5.41, 5.74) is 12.1. The first kappa shape index (κ1) is 10.9. The molecule has 2 atom stereocenters. The number of aliphatic hydroxyl groups excluding tert-OH is 2. The number of nitrogens with two attached hydrogens (primary N) is 2. The third kappa shape index (κ3) is 2.20. The average molecular weight is 197 g/mol. The second kappa shape index (κ2) is 4.36. The van der Waals surface area contributed by atoms with Crippen LogP contribution in [0.1, 0.15) is 17.2 Å². The quantitative estimate of drug-likeness (QED) is 0.514. The normalized spacial score (nSPS) is 15.1. The molecule has 78 valence electrons. The first-order chi connectivity index (χ1) is 6.56. The molecule has 6 N–H and O–H groups in total. The van der Waals surface area contributed by atoms with Gasteiger partial charge in [-0.15, -0.1) is 0 Å². The van der Waals surface area contributed by atoms with Gasteiger partial charge in [-0.3, -0.25) is 0 Å². The lowest BCUT2D eigenvalue weighted by atomic mass is 10.0. The van der Waals surface area contributed by atoms with Crippen LogP contribution in [-0.4, -0.2) is 27.8 Å². The van der Waals surface area contributed by atoms with E-state index in [0.29, 0.717) is 5.56 Å². The van der Waals surface area contributed by atoms with Crippen molar-refractivity contribution in [3.05, 3.63) is 23.4 Å². The summed E-state index contributed by atoms with van der Waals surface area (Å²) in [5, 5.41) is 19.0. The highest BCUT2D eigenvalue weighted by molar-refractivity contribution is 5.42. The van der Waals surface area contributed by atoms with Gasteiger partial charge in [0.25, 0.3) is 0 Å². The third-order valence-electron chi connectivity index (χ3n) is 2.01. The molecule has 0 aliphatic carbocycles. The van der Waals surface area contributed by atoms with Crippen LogP contribution in [0.15, 0.2) is 12.3 Å². The van der Waals surface area contributed by atoms with E-state index in [1.807, 2.05) is 6.92 Å². The number of aryl methyl sites for hydroxylation is 1. The number of rotatable bonds is 3. The van der Waals surface area contributed by atoms with E-state index in [4.69, 9.17) is 11.5 Å². The van der Waals surface area contributed by atoms with Crippen molar-refractivity contribution in [2.24, 2.45) is 5.73 Å². The van der Waals surface area contributed by atoms with E-state index in [2.05, 4.69) is 4.98 Å². The van der Waals surface area contributed by atoms with Gasteiger partial charge < -0.3 is 21.7 Å². The minimum absolute atomic E-state index is 0.0193.